The van der Waals surface area contributed by atoms with Crippen molar-refractivity contribution in [2.24, 2.45) is 17.8 Å². The van der Waals surface area contributed by atoms with Crippen LogP contribution in [0.1, 0.15) is 77.0 Å². The predicted octanol–water partition coefficient (Wildman–Crippen LogP) is 3.38. The van der Waals surface area contributed by atoms with Gasteiger partial charge in [-0.2, -0.15) is 0 Å². The smallest absolute Gasteiger partial charge is 0.407 e. The van der Waals surface area contributed by atoms with Gasteiger partial charge in [0.15, 0.2) is 0 Å². The Labute approximate surface area is 305 Å². The van der Waals surface area contributed by atoms with Crippen LogP contribution in [0.3, 0.4) is 0 Å². The number of rotatable bonds is 20. The molecule has 1 aliphatic rings. The van der Waals surface area contributed by atoms with Gasteiger partial charge in [-0.3, -0.25) is 19.3 Å². The number of nitrogens with zero attached hydrogens (tertiary/aromatic N) is 2. The van der Waals surface area contributed by atoms with Gasteiger partial charge in [0.1, 0.15) is 18.1 Å². The van der Waals surface area contributed by atoms with Gasteiger partial charge in [0.2, 0.25) is 11.8 Å². The molecule has 0 bridgehead atoms. The highest BCUT2D eigenvalue weighted by atomic mass is 16.4. The fourth-order valence-electron chi connectivity index (χ4n) is 6.65. The number of amides is 5. The van der Waals surface area contributed by atoms with E-state index in [1.54, 1.807) is 30.3 Å². The average molecular weight is 726 g/mol. The number of aromatic nitrogens is 2. The van der Waals surface area contributed by atoms with E-state index in [2.05, 4.69) is 51.7 Å². The summed E-state index contributed by atoms with van der Waals surface area (Å²) in [5, 5.41) is 40.6. The number of carbonyl (C=O) groups is 5. The van der Waals surface area contributed by atoms with Gasteiger partial charge in [-0.25, -0.2) is 14.6 Å². The number of benzene rings is 1. The van der Waals surface area contributed by atoms with Crippen LogP contribution < -0.4 is 21.3 Å². The second-order valence-corrected chi connectivity index (χ2v) is 14.1. The van der Waals surface area contributed by atoms with Crippen molar-refractivity contribution in [2.45, 2.75) is 95.9 Å². The first-order valence-corrected chi connectivity index (χ1v) is 17.9. The highest BCUT2D eigenvalue weighted by Crippen LogP contribution is 2.30. The normalized spacial score (nSPS) is 16.7. The van der Waals surface area contributed by atoms with E-state index in [0.717, 1.165) is 37.0 Å². The van der Waals surface area contributed by atoms with E-state index in [-0.39, 0.29) is 31.3 Å². The molecular formula is C37H55N7O8. The summed E-state index contributed by atoms with van der Waals surface area (Å²) in [6, 6.07) is 6.58. The van der Waals surface area contributed by atoms with E-state index in [4.69, 9.17) is 5.11 Å². The Morgan fingerprint density at radius 3 is 2.35 bits per heavy atom. The van der Waals surface area contributed by atoms with Gasteiger partial charge in [-0.1, -0.05) is 82.4 Å². The minimum Gasteiger partial charge on any atom is -0.465 e. The molecule has 5 amide bonds. The molecule has 52 heavy (non-hydrogen) atoms. The first kappa shape index (κ1) is 41.5. The molecule has 15 heteroatoms. The summed E-state index contributed by atoms with van der Waals surface area (Å²) in [6.07, 6.45) is 7.53. The number of nitrogens with one attached hydrogen (secondary N) is 5. The van der Waals surface area contributed by atoms with Crippen molar-refractivity contribution in [1.29, 1.82) is 0 Å². The lowest BCUT2D eigenvalue weighted by molar-refractivity contribution is -0.136. The molecule has 0 aliphatic heterocycles. The van der Waals surface area contributed by atoms with Crippen LogP contribution >= 0.6 is 0 Å². The first-order chi connectivity index (χ1) is 24.7. The summed E-state index contributed by atoms with van der Waals surface area (Å²) in [5.41, 5.74) is -0.844. The second kappa shape index (κ2) is 20.2. The predicted molar refractivity (Wildman–Crippen MR) is 194 cm³/mol. The summed E-state index contributed by atoms with van der Waals surface area (Å²) in [5.74, 6) is -1.49. The molecule has 1 fully saturated rings. The second-order valence-electron chi connectivity index (χ2n) is 14.1. The maximum absolute atomic E-state index is 14.3. The zero-order chi connectivity index (χ0) is 38.3. The third kappa shape index (κ3) is 12.7. The lowest BCUT2D eigenvalue weighted by Gasteiger charge is -2.34. The van der Waals surface area contributed by atoms with E-state index < -0.39 is 60.2 Å². The van der Waals surface area contributed by atoms with Crippen molar-refractivity contribution < 1.29 is 39.3 Å². The molecule has 5 atom stereocenters. The van der Waals surface area contributed by atoms with Gasteiger partial charge in [-0.05, 0) is 43.1 Å². The van der Waals surface area contributed by atoms with Gasteiger partial charge in [-0.15, -0.1) is 6.58 Å². The summed E-state index contributed by atoms with van der Waals surface area (Å²) in [4.78, 5) is 72.3. The van der Waals surface area contributed by atoms with Gasteiger partial charge < -0.3 is 41.6 Å². The zero-order valence-corrected chi connectivity index (χ0v) is 30.3. The highest BCUT2D eigenvalue weighted by molar-refractivity contribution is 5.96. The number of hydrogen-bond donors (Lipinski definition) is 8. The molecule has 1 heterocycles. The molecule has 15 nitrogen and oxygen atoms in total. The largest absolute Gasteiger partial charge is 0.465 e. The molecule has 1 aromatic heterocycles. The van der Waals surface area contributed by atoms with E-state index in [1.165, 1.54) is 19.4 Å². The van der Waals surface area contributed by atoms with Crippen LogP contribution in [-0.2, 0) is 26.3 Å². The Morgan fingerprint density at radius 2 is 1.77 bits per heavy atom. The number of carbonyl (C=O) groups excluding carboxylic acids is 3. The van der Waals surface area contributed by atoms with Gasteiger partial charge >= 0.3 is 12.2 Å². The van der Waals surface area contributed by atoms with Crippen LogP contribution in [0.4, 0.5) is 9.59 Å². The van der Waals surface area contributed by atoms with Gasteiger partial charge in [0, 0.05) is 31.4 Å². The Kier molecular flexibility index (Phi) is 16.1. The Hall–Kier alpha value is -4.92. The number of hydrogen-bond acceptors (Lipinski definition) is 7. The third-order valence-electron chi connectivity index (χ3n) is 9.84. The Bertz CT molecular complexity index is 1470. The Balaban J connectivity index is 1.89. The SMILES string of the molecule is C=C[C@@H](C[C@H](O)[C@H](CC1CCCCC1)NC(=O)[C@H](Cc1cnc[nH]1)NC(=O)[C@@](C)(NC(=O)CN(CCNC(=O)O)C(=O)O)c1ccccc1)C(C)C. The van der Waals surface area contributed by atoms with Gasteiger partial charge in [0.05, 0.1) is 18.5 Å². The summed E-state index contributed by atoms with van der Waals surface area (Å²) in [6.45, 7) is 8.26. The lowest BCUT2D eigenvalue weighted by Crippen LogP contribution is -2.61. The van der Waals surface area contributed by atoms with E-state index in [1.807, 2.05) is 6.08 Å². The third-order valence-corrected chi connectivity index (χ3v) is 9.84. The van der Waals surface area contributed by atoms with Gasteiger partial charge in [0.25, 0.3) is 5.91 Å². The molecule has 8 N–H and O–H groups in total. The standard InChI is InChI=1S/C37H55N7O8/c1-5-26(24(2)3)19-31(45)29(18-25-12-8-6-9-13-25)41-33(47)30(20-28-21-38-23-40-28)42-34(48)37(4,27-14-10-7-11-15-27)43-32(46)22-44(36(51)52)17-16-39-35(49)50/h5,7,10-11,14-15,21,23-26,29-31,39,45H,1,6,8-9,12-13,16-20,22H2,2-4H3,(H,38,40)(H,41,47)(H,42,48)(H,43,46)(H,49,50)(H,51,52)/t26-,29-,30-,31-,37-/m0/s1. The highest BCUT2D eigenvalue weighted by Gasteiger charge is 2.40. The fraction of sp³-hybridized carbons (Fsp3) is 0.568. The minimum atomic E-state index is -1.77. The topological polar surface area (TPSA) is 226 Å². The quantitative estimate of drug-likeness (QED) is 0.0935. The number of aliphatic hydroxyl groups excluding tert-OH is 1. The number of imidazole rings is 1. The molecule has 2 aromatic rings. The number of aromatic amines is 1. The Morgan fingerprint density at radius 1 is 1.08 bits per heavy atom. The molecule has 1 saturated carbocycles. The molecule has 286 valence electrons. The minimum absolute atomic E-state index is 0.0211. The molecule has 0 saturated heterocycles. The van der Waals surface area contributed by atoms with Crippen LogP contribution in [0, 0.1) is 17.8 Å². The number of allylic oxidation sites excluding steroid dienone is 1. The molecule has 0 spiro atoms. The van der Waals surface area contributed by atoms with Crippen molar-refractivity contribution in [2.75, 3.05) is 19.6 Å². The van der Waals surface area contributed by atoms with Crippen LogP contribution in [0.5, 0.6) is 0 Å². The molecule has 1 aliphatic carbocycles. The monoisotopic (exact) mass is 725 g/mol. The summed E-state index contributed by atoms with van der Waals surface area (Å²) in [7, 11) is 0. The summed E-state index contributed by atoms with van der Waals surface area (Å²) >= 11 is 0. The van der Waals surface area contributed by atoms with E-state index in [0.29, 0.717) is 30.0 Å². The zero-order valence-electron chi connectivity index (χ0n) is 30.3. The van der Waals surface area contributed by atoms with Crippen molar-refractivity contribution in [1.82, 2.24) is 36.1 Å². The number of aliphatic hydroxyl groups is 1. The van der Waals surface area contributed by atoms with E-state index in [9.17, 15) is 34.2 Å². The van der Waals surface area contributed by atoms with Crippen molar-refractivity contribution >= 4 is 29.9 Å². The van der Waals surface area contributed by atoms with E-state index >= 15 is 0 Å². The average Bonchev–Trinajstić information content (AvgIpc) is 3.63. The van der Waals surface area contributed by atoms with Crippen LogP contribution in [0.25, 0.3) is 0 Å². The number of H-pyrrole nitrogens is 1. The maximum atomic E-state index is 14.3. The van der Waals surface area contributed by atoms with Crippen LogP contribution in [0.15, 0.2) is 55.5 Å². The fourth-order valence-corrected chi connectivity index (χ4v) is 6.65. The van der Waals surface area contributed by atoms with Crippen molar-refractivity contribution in [3.8, 4) is 0 Å². The maximum Gasteiger partial charge on any atom is 0.407 e. The molecule has 0 unspecified atom stereocenters. The lowest BCUT2D eigenvalue weighted by atomic mass is 9.81. The molecule has 1 aromatic carbocycles. The first-order valence-electron chi connectivity index (χ1n) is 17.9. The molecular weight excluding hydrogens is 670 g/mol. The van der Waals surface area contributed by atoms with Crippen LogP contribution in [0.2, 0.25) is 0 Å². The van der Waals surface area contributed by atoms with Crippen molar-refractivity contribution in [3.05, 3.63) is 66.8 Å². The summed E-state index contributed by atoms with van der Waals surface area (Å²) < 4.78 is 0. The van der Waals surface area contributed by atoms with Crippen LogP contribution in [-0.4, -0.2) is 97.9 Å². The van der Waals surface area contributed by atoms with Crippen molar-refractivity contribution in [3.63, 3.8) is 0 Å². The molecule has 0 radical (unpaired) electrons. The molecule has 3 rings (SSSR count). The number of carboxylic acid groups (broad SMARTS) is 2.